The van der Waals surface area contributed by atoms with Gasteiger partial charge in [-0.2, -0.15) is 5.10 Å². The Kier molecular flexibility index (Phi) is 3.59. The van der Waals surface area contributed by atoms with Crippen molar-refractivity contribution < 1.29 is 9.59 Å². The average Bonchev–Trinajstić information content (AvgIpc) is 2.98. The lowest BCUT2D eigenvalue weighted by Gasteiger charge is -2.27. The van der Waals surface area contributed by atoms with Crippen molar-refractivity contribution in [2.45, 2.75) is 31.7 Å². The molecule has 1 saturated carbocycles. The molecule has 0 atom stereocenters. The Morgan fingerprint density at radius 1 is 1.29 bits per heavy atom. The first kappa shape index (κ1) is 14.9. The Hall–Kier alpha value is -2.63. The second-order valence-electron chi connectivity index (χ2n) is 6.55. The predicted molar refractivity (Wildman–Crippen MR) is 90.2 cm³/mol. The highest BCUT2D eigenvalue weighted by molar-refractivity contribution is 6.04. The van der Waals surface area contributed by atoms with Gasteiger partial charge in [0.25, 0.3) is 11.8 Å². The van der Waals surface area contributed by atoms with E-state index in [1.54, 1.807) is 29.3 Å². The monoisotopic (exact) mass is 324 g/mol. The van der Waals surface area contributed by atoms with Gasteiger partial charge in [-0.25, -0.2) is 0 Å². The number of likely N-dealkylation sites (N-methyl/N-ethyl adjacent to an activating group) is 1. The van der Waals surface area contributed by atoms with E-state index < -0.39 is 0 Å². The van der Waals surface area contributed by atoms with Crippen molar-refractivity contribution in [2.75, 3.05) is 18.9 Å². The van der Waals surface area contributed by atoms with E-state index in [0.717, 1.165) is 36.1 Å². The summed E-state index contributed by atoms with van der Waals surface area (Å²) in [4.78, 5) is 26.4. The van der Waals surface area contributed by atoms with Crippen LogP contribution in [0.5, 0.6) is 0 Å². The maximum absolute atomic E-state index is 12.6. The molecule has 4 rings (SSSR count). The number of hydrogen-bond acceptors (Lipinski definition) is 3. The molecule has 0 unspecified atom stereocenters. The van der Waals surface area contributed by atoms with Crippen molar-refractivity contribution in [1.29, 1.82) is 0 Å². The van der Waals surface area contributed by atoms with Crippen LogP contribution in [-0.4, -0.2) is 40.1 Å². The molecule has 2 aliphatic rings. The van der Waals surface area contributed by atoms with Crippen LogP contribution >= 0.6 is 0 Å². The van der Waals surface area contributed by atoms with Crippen LogP contribution in [-0.2, 0) is 6.42 Å². The molecular weight excluding hydrogens is 304 g/mol. The Balaban J connectivity index is 1.54. The Labute approximate surface area is 140 Å². The average molecular weight is 324 g/mol. The molecule has 6 nitrogen and oxygen atoms in total. The molecule has 24 heavy (non-hydrogen) atoms. The molecule has 2 heterocycles. The summed E-state index contributed by atoms with van der Waals surface area (Å²) in [6.45, 7) is 0.706. The summed E-state index contributed by atoms with van der Waals surface area (Å²) in [5.41, 5.74) is 3.02. The lowest BCUT2D eigenvalue weighted by atomic mass is 9.93. The highest BCUT2D eigenvalue weighted by Crippen LogP contribution is 2.32. The van der Waals surface area contributed by atoms with Crippen molar-refractivity contribution in [2.24, 2.45) is 0 Å². The van der Waals surface area contributed by atoms with E-state index in [4.69, 9.17) is 0 Å². The van der Waals surface area contributed by atoms with E-state index in [9.17, 15) is 9.59 Å². The van der Waals surface area contributed by atoms with Crippen LogP contribution in [0.4, 0.5) is 5.69 Å². The number of carbonyl (C=O) groups is 2. The Morgan fingerprint density at radius 3 is 2.88 bits per heavy atom. The first-order chi connectivity index (χ1) is 11.6. The van der Waals surface area contributed by atoms with Crippen molar-refractivity contribution >= 4 is 17.5 Å². The summed E-state index contributed by atoms with van der Waals surface area (Å²) in [6, 6.07) is 7.59. The number of hydrogen-bond donors (Lipinski definition) is 1. The van der Waals surface area contributed by atoms with Crippen LogP contribution in [0, 0.1) is 0 Å². The molecule has 0 saturated heterocycles. The SMILES string of the molecule is CN1CCc2cc(NC(=O)c3ccnn3C3CCC3)ccc2C1=O. The van der Waals surface area contributed by atoms with Crippen LogP contribution in [0.15, 0.2) is 30.5 Å². The van der Waals surface area contributed by atoms with Gasteiger partial charge in [-0.3, -0.25) is 14.3 Å². The molecule has 1 aromatic heterocycles. The molecule has 1 aliphatic carbocycles. The molecule has 2 aromatic rings. The first-order valence-corrected chi connectivity index (χ1v) is 8.37. The Bertz CT molecular complexity index is 807. The molecular formula is C18H20N4O2. The quantitative estimate of drug-likeness (QED) is 0.943. The zero-order valence-corrected chi connectivity index (χ0v) is 13.7. The van der Waals surface area contributed by atoms with Gasteiger partial charge < -0.3 is 10.2 Å². The molecule has 2 amide bonds. The minimum absolute atomic E-state index is 0.0391. The van der Waals surface area contributed by atoms with Gasteiger partial charge in [0.1, 0.15) is 5.69 Å². The highest BCUT2D eigenvalue weighted by Gasteiger charge is 2.25. The number of fused-ring (bicyclic) bond motifs is 1. The van der Waals surface area contributed by atoms with Crippen LogP contribution in [0.25, 0.3) is 0 Å². The molecule has 124 valence electrons. The minimum Gasteiger partial charge on any atom is -0.341 e. The van der Waals surface area contributed by atoms with Crippen molar-refractivity contribution in [1.82, 2.24) is 14.7 Å². The fraction of sp³-hybridized carbons (Fsp3) is 0.389. The maximum atomic E-state index is 12.6. The maximum Gasteiger partial charge on any atom is 0.273 e. The van der Waals surface area contributed by atoms with Gasteiger partial charge in [-0.15, -0.1) is 0 Å². The lowest BCUT2D eigenvalue weighted by Crippen LogP contribution is -2.34. The van der Waals surface area contributed by atoms with Gasteiger partial charge in [0, 0.05) is 31.0 Å². The third-order valence-corrected chi connectivity index (χ3v) is 4.98. The fourth-order valence-corrected chi connectivity index (χ4v) is 3.29. The minimum atomic E-state index is -0.154. The zero-order chi connectivity index (χ0) is 16.7. The number of nitrogens with one attached hydrogen (secondary N) is 1. The summed E-state index contributed by atoms with van der Waals surface area (Å²) in [5.74, 6) is -0.115. The van der Waals surface area contributed by atoms with Gasteiger partial charge >= 0.3 is 0 Å². The second kappa shape index (κ2) is 5.78. The smallest absolute Gasteiger partial charge is 0.273 e. The summed E-state index contributed by atoms with van der Waals surface area (Å²) < 4.78 is 1.83. The molecule has 1 fully saturated rings. The van der Waals surface area contributed by atoms with Crippen molar-refractivity contribution in [3.63, 3.8) is 0 Å². The molecule has 0 radical (unpaired) electrons. The van der Waals surface area contributed by atoms with Gasteiger partial charge in [0.2, 0.25) is 0 Å². The van der Waals surface area contributed by atoms with E-state index in [1.165, 1.54) is 6.42 Å². The standard InChI is InChI=1S/C18H20N4O2/c1-21-10-8-12-11-13(5-6-15(12)18(21)24)20-17(23)16-7-9-19-22(16)14-3-2-4-14/h5-7,9,11,14H,2-4,8,10H2,1H3,(H,20,23). The topological polar surface area (TPSA) is 67.2 Å². The van der Waals surface area contributed by atoms with Gasteiger partial charge in [0.15, 0.2) is 0 Å². The lowest BCUT2D eigenvalue weighted by molar-refractivity contribution is 0.0781. The molecule has 1 aliphatic heterocycles. The molecule has 1 N–H and O–H groups in total. The first-order valence-electron chi connectivity index (χ1n) is 8.37. The van der Waals surface area contributed by atoms with Crippen LogP contribution < -0.4 is 5.32 Å². The number of anilines is 1. The van der Waals surface area contributed by atoms with E-state index in [2.05, 4.69) is 10.4 Å². The van der Waals surface area contributed by atoms with Crippen LogP contribution in [0.3, 0.4) is 0 Å². The van der Waals surface area contributed by atoms with Crippen molar-refractivity contribution in [3.05, 3.63) is 47.3 Å². The third kappa shape index (κ3) is 2.48. The second-order valence-corrected chi connectivity index (χ2v) is 6.55. The largest absolute Gasteiger partial charge is 0.341 e. The summed E-state index contributed by atoms with van der Waals surface area (Å²) >= 11 is 0. The van der Waals surface area contributed by atoms with Gasteiger partial charge in [-0.05, 0) is 55.5 Å². The third-order valence-electron chi connectivity index (χ3n) is 4.98. The van der Waals surface area contributed by atoms with E-state index in [-0.39, 0.29) is 11.8 Å². The van der Waals surface area contributed by atoms with Crippen LogP contribution in [0.1, 0.15) is 51.7 Å². The summed E-state index contributed by atoms with van der Waals surface area (Å²) in [5, 5.41) is 7.23. The van der Waals surface area contributed by atoms with Crippen molar-refractivity contribution in [3.8, 4) is 0 Å². The van der Waals surface area contributed by atoms with Gasteiger partial charge in [0.05, 0.1) is 6.04 Å². The van der Waals surface area contributed by atoms with E-state index in [0.29, 0.717) is 18.3 Å². The Morgan fingerprint density at radius 2 is 2.12 bits per heavy atom. The molecule has 0 spiro atoms. The number of aromatic nitrogens is 2. The van der Waals surface area contributed by atoms with Crippen LogP contribution in [0.2, 0.25) is 0 Å². The number of nitrogens with zero attached hydrogens (tertiary/aromatic N) is 3. The van der Waals surface area contributed by atoms with E-state index >= 15 is 0 Å². The number of benzene rings is 1. The summed E-state index contributed by atoms with van der Waals surface area (Å²) in [6.07, 6.45) is 5.83. The number of rotatable bonds is 3. The normalized spacial score (nSPS) is 17.4. The highest BCUT2D eigenvalue weighted by atomic mass is 16.2. The molecule has 6 heteroatoms. The van der Waals surface area contributed by atoms with E-state index in [1.807, 2.05) is 17.8 Å². The predicted octanol–water partition coefficient (Wildman–Crippen LogP) is 2.49. The van der Waals surface area contributed by atoms with Gasteiger partial charge in [-0.1, -0.05) is 0 Å². The number of carbonyl (C=O) groups excluding carboxylic acids is 2. The fourth-order valence-electron chi connectivity index (χ4n) is 3.29. The molecule has 1 aromatic carbocycles. The zero-order valence-electron chi connectivity index (χ0n) is 13.7. The molecule has 0 bridgehead atoms. The summed E-state index contributed by atoms with van der Waals surface area (Å²) in [7, 11) is 1.81. The number of amides is 2.